The molecule has 30 heavy (non-hydrogen) atoms. The van der Waals surface area contributed by atoms with E-state index in [4.69, 9.17) is 4.74 Å². The number of benzene rings is 2. The van der Waals surface area contributed by atoms with Gasteiger partial charge in [0.2, 0.25) is 0 Å². The smallest absolute Gasteiger partial charge is 0.335 e. The molecule has 10 heteroatoms. The minimum atomic E-state index is -4.38. The van der Waals surface area contributed by atoms with Crippen LogP contribution in [0.5, 0.6) is 5.75 Å². The van der Waals surface area contributed by atoms with Crippen molar-refractivity contribution in [2.24, 2.45) is 0 Å². The van der Waals surface area contributed by atoms with Crippen LogP contribution in [0.4, 0.5) is 8.78 Å². The molecule has 3 rings (SSSR count). The Labute approximate surface area is 173 Å². The lowest BCUT2D eigenvalue weighted by Crippen LogP contribution is -2.50. The third-order valence-corrected chi connectivity index (χ3v) is 6.44. The molecule has 162 valence electrons. The summed E-state index contributed by atoms with van der Waals surface area (Å²) >= 11 is 0. The zero-order valence-corrected chi connectivity index (χ0v) is 17.1. The van der Waals surface area contributed by atoms with Gasteiger partial charge in [-0.1, -0.05) is 12.1 Å². The predicted octanol–water partition coefficient (Wildman–Crippen LogP) is 2.54. The second kappa shape index (κ2) is 8.66. The number of methoxy groups -OCH3 is 1. The van der Waals surface area contributed by atoms with Gasteiger partial charge in [-0.15, -0.1) is 0 Å². The molecule has 0 aliphatic carbocycles. The van der Waals surface area contributed by atoms with Crippen molar-refractivity contribution in [1.82, 2.24) is 9.62 Å². The maximum atomic E-state index is 13.9. The molecule has 2 aromatic carbocycles. The Kier molecular flexibility index (Phi) is 6.39. The van der Waals surface area contributed by atoms with E-state index >= 15 is 0 Å². The molecule has 1 aliphatic rings. The van der Waals surface area contributed by atoms with E-state index in [9.17, 15) is 26.5 Å². The fraction of sp³-hybridized carbons (Fsp3) is 0.350. The quantitative estimate of drug-likeness (QED) is 0.673. The Hall–Kier alpha value is -2.56. The van der Waals surface area contributed by atoms with E-state index in [0.717, 1.165) is 10.4 Å². The number of hydrogen-bond acceptors (Lipinski definition) is 4. The normalized spacial score (nSPS) is 16.8. The standard InChI is InChI=1S/C20H22F2N2O5S/c1-29-18-5-3-2-4-17(18)19(25)23-13-20(14-10-15(21)12-16(22)11-14)6-8-24(9-7-20)30(26,27)28/h2-5,10-12H,6-9,13H2,1H3,(H,23,25)(H,26,27,28). The Morgan fingerprint density at radius 3 is 2.33 bits per heavy atom. The first-order valence-electron chi connectivity index (χ1n) is 9.25. The third-order valence-electron chi connectivity index (χ3n) is 5.42. The number of piperidine rings is 1. The van der Waals surface area contributed by atoms with Gasteiger partial charge in [-0.05, 0) is 42.7 Å². The largest absolute Gasteiger partial charge is 0.496 e. The summed E-state index contributed by atoms with van der Waals surface area (Å²) in [4.78, 5) is 12.7. The molecule has 7 nitrogen and oxygen atoms in total. The van der Waals surface area contributed by atoms with Crippen molar-refractivity contribution < 1.29 is 31.3 Å². The first kappa shape index (κ1) is 22.1. The van der Waals surface area contributed by atoms with E-state index in [2.05, 4.69) is 5.32 Å². The summed E-state index contributed by atoms with van der Waals surface area (Å²) in [5.74, 6) is -1.58. The number of nitrogens with one attached hydrogen (secondary N) is 1. The highest BCUT2D eigenvalue weighted by Gasteiger charge is 2.40. The van der Waals surface area contributed by atoms with Crippen LogP contribution in [-0.2, 0) is 15.7 Å². The molecule has 2 aromatic rings. The van der Waals surface area contributed by atoms with E-state index in [1.807, 2.05) is 0 Å². The van der Waals surface area contributed by atoms with Crippen molar-refractivity contribution in [2.45, 2.75) is 18.3 Å². The van der Waals surface area contributed by atoms with E-state index in [1.165, 1.54) is 19.2 Å². The van der Waals surface area contributed by atoms with E-state index in [1.54, 1.807) is 24.3 Å². The second-order valence-electron chi connectivity index (χ2n) is 7.20. The van der Waals surface area contributed by atoms with E-state index in [0.29, 0.717) is 16.9 Å². The van der Waals surface area contributed by atoms with Crippen LogP contribution in [0.3, 0.4) is 0 Å². The van der Waals surface area contributed by atoms with Crippen LogP contribution < -0.4 is 10.1 Å². The average molecular weight is 440 g/mol. The molecule has 1 saturated heterocycles. The van der Waals surface area contributed by atoms with Crippen LogP contribution in [0, 0.1) is 11.6 Å². The maximum Gasteiger partial charge on any atom is 0.335 e. The first-order valence-corrected chi connectivity index (χ1v) is 10.6. The molecule has 1 amide bonds. The summed E-state index contributed by atoms with van der Waals surface area (Å²) in [5, 5.41) is 2.78. The highest BCUT2D eigenvalue weighted by molar-refractivity contribution is 7.83. The molecule has 0 unspecified atom stereocenters. The highest BCUT2D eigenvalue weighted by atomic mass is 32.2. The van der Waals surface area contributed by atoms with E-state index < -0.39 is 33.3 Å². The predicted molar refractivity (Wildman–Crippen MR) is 106 cm³/mol. The minimum absolute atomic E-state index is 0.0199. The SMILES string of the molecule is COc1ccccc1C(=O)NCC1(c2cc(F)cc(F)c2)CCN(S(=O)(=O)O)CC1. The summed E-state index contributed by atoms with van der Waals surface area (Å²) < 4.78 is 66.0. The summed E-state index contributed by atoms with van der Waals surface area (Å²) in [6.45, 7) is -0.0882. The van der Waals surface area contributed by atoms with Crippen LogP contribution in [0.25, 0.3) is 0 Å². The number of nitrogens with zero attached hydrogens (tertiary/aromatic N) is 1. The van der Waals surface area contributed by atoms with Gasteiger partial charge in [-0.25, -0.2) is 8.78 Å². The van der Waals surface area contributed by atoms with Crippen molar-refractivity contribution in [1.29, 1.82) is 0 Å². The summed E-state index contributed by atoms with van der Waals surface area (Å²) in [7, 11) is -2.94. The first-order chi connectivity index (χ1) is 14.1. The number of carbonyl (C=O) groups excluding carboxylic acids is 1. The Morgan fingerprint density at radius 1 is 1.17 bits per heavy atom. The zero-order chi connectivity index (χ0) is 21.9. The second-order valence-corrected chi connectivity index (χ2v) is 8.61. The van der Waals surface area contributed by atoms with Crippen LogP contribution in [0.2, 0.25) is 0 Å². The molecule has 0 aromatic heterocycles. The number of halogens is 2. The lowest BCUT2D eigenvalue weighted by Gasteiger charge is -2.41. The molecule has 1 heterocycles. The number of para-hydroxylation sites is 1. The van der Waals surface area contributed by atoms with Gasteiger partial charge in [0.1, 0.15) is 17.4 Å². The molecule has 2 N–H and O–H groups in total. The molecule has 0 saturated carbocycles. The average Bonchev–Trinajstić information content (AvgIpc) is 2.71. The minimum Gasteiger partial charge on any atom is -0.496 e. The van der Waals surface area contributed by atoms with Crippen molar-refractivity contribution in [2.75, 3.05) is 26.7 Å². The Bertz CT molecular complexity index is 1020. The monoisotopic (exact) mass is 440 g/mol. The van der Waals surface area contributed by atoms with E-state index in [-0.39, 0.29) is 32.5 Å². The number of ether oxygens (including phenoxy) is 1. The molecule has 0 atom stereocenters. The topological polar surface area (TPSA) is 95.9 Å². The van der Waals surface area contributed by atoms with Crippen molar-refractivity contribution in [3.05, 3.63) is 65.2 Å². The van der Waals surface area contributed by atoms with Gasteiger partial charge in [0, 0.05) is 31.1 Å². The van der Waals surface area contributed by atoms with Gasteiger partial charge in [0.25, 0.3) is 5.91 Å². The molecular weight excluding hydrogens is 418 g/mol. The van der Waals surface area contributed by atoms with Gasteiger partial charge in [0.15, 0.2) is 0 Å². The maximum absolute atomic E-state index is 13.9. The van der Waals surface area contributed by atoms with Gasteiger partial charge in [0.05, 0.1) is 12.7 Å². The van der Waals surface area contributed by atoms with Crippen molar-refractivity contribution in [3.8, 4) is 5.75 Å². The summed E-state index contributed by atoms with van der Waals surface area (Å²) in [6, 6.07) is 9.74. The van der Waals surface area contributed by atoms with Crippen LogP contribution in [0.15, 0.2) is 42.5 Å². The van der Waals surface area contributed by atoms with Crippen LogP contribution >= 0.6 is 0 Å². The van der Waals surface area contributed by atoms with Crippen LogP contribution in [0.1, 0.15) is 28.8 Å². The molecule has 0 bridgehead atoms. The number of rotatable bonds is 6. The summed E-state index contributed by atoms with van der Waals surface area (Å²) in [5.41, 5.74) is -0.298. The molecular formula is C20H22F2N2O5S. The van der Waals surface area contributed by atoms with Gasteiger partial charge < -0.3 is 10.1 Å². The van der Waals surface area contributed by atoms with Crippen LogP contribution in [-0.4, -0.2) is 49.9 Å². The lowest BCUT2D eigenvalue weighted by molar-refractivity contribution is 0.0929. The summed E-state index contributed by atoms with van der Waals surface area (Å²) in [6.07, 6.45) is 0.309. The van der Waals surface area contributed by atoms with Gasteiger partial charge in [-0.3, -0.25) is 9.35 Å². The Balaban J connectivity index is 1.88. The van der Waals surface area contributed by atoms with Crippen molar-refractivity contribution >= 4 is 16.2 Å². The van der Waals surface area contributed by atoms with Crippen molar-refractivity contribution in [3.63, 3.8) is 0 Å². The molecule has 0 radical (unpaired) electrons. The molecule has 1 aliphatic heterocycles. The lowest BCUT2D eigenvalue weighted by atomic mass is 9.73. The number of hydrogen-bond donors (Lipinski definition) is 2. The van der Waals surface area contributed by atoms with Gasteiger partial charge in [-0.2, -0.15) is 12.7 Å². The fourth-order valence-corrected chi connectivity index (χ4v) is 4.39. The number of amides is 1. The fourth-order valence-electron chi connectivity index (χ4n) is 3.75. The van der Waals surface area contributed by atoms with Gasteiger partial charge >= 0.3 is 10.3 Å². The third kappa shape index (κ3) is 4.77. The Morgan fingerprint density at radius 2 is 1.77 bits per heavy atom. The highest BCUT2D eigenvalue weighted by Crippen LogP contribution is 2.36. The molecule has 0 spiro atoms. The molecule has 1 fully saturated rings. The zero-order valence-electron chi connectivity index (χ0n) is 16.3. The number of carbonyl (C=O) groups is 1.